The number of halogens is 2. The molecule has 0 atom stereocenters. The van der Waals surface area contributed by atoms with E-state index in [0.717, 1.165) is 12.3 Å². The van der Waals surface area contributed by atoms with E-state index in [1.54, 1.807) is 0 Å². The largest absolute Gasteiger partial charge is 0.476 e. The number of aromatic nitrogens is 1. The number of benzene rings is 1. The highest BCUT2D eigenvalue weighted by Gasteiger charge is 2.12. The zero-order chi connectivity index (χ0) is 11.7. The van der Waals surface area contributed by atoms with Crippen LogP contribution in [0.5, 0.6) is 0 Å². The third-order valence-electron chi connectivity index (χ3n) is 1.89. The lowest BCUT2D eigenvalue weighted by Gasteiger charge is -1.96. The lowest BCUT2D eigenvalue weighted by molar-refractivity contribution is 0.0690. The summed E-state index contributed by atoms with van der Waals surface area (Å²) in [5, 5.41) is 8.61. The predicted molar refractivity (Wildman–Crippen MR) is 53.9 cm³/mol. The van der Waals surface area contributed by atoms with E-state index in [4.69, 9.17) is 21.1 Å². The molecule has 0 amide bonds. The normalized spacial score (nSPS) is 10.4. The lowest BCUT2D eigenvalue weighted by Crippen LogP contribution is -1.95. The maximum atomic E-state index is 13.1. The Balaban J connectivity index is 2.42. The molecule has 0 bridgehead atoms. The van der Waals surface area contributed by atoms with Gasteiger partial charge in [0.1, 0.15) is 12.1 Å². The van der Waals surface area contributed by atoms with E-state index in [0.29, 0.717) is 5.56 Å². The van der Waals surface area contributed by atoms with E-state index < -0.39 is 11.8 Å². The first-order valence-corrected chi connectivity index (χ1v) is 4.60. The van der Waals surface area contributed by atoms with Crippen LogP contribution < -0.4 is 0 Å². The fourth-order valence-corrected chi connectivity index (χ4v) is 1.25. The Morgan fingerprint density at radius 3 is 2.81 bits per heavy atom. The summed E-state index contributed by atoms with van der Waals surface area (Å²) in [6.45, 7) is 0. The van der Waals surface area contributed by atoms with Crippen molar-refractivity contribution >= 4 is 17.6 Å². The van der Waals surface area contributed by atoms with Crippen molar-refractivity contribution in [2.24, 2.45) is 0 Å². The van der Waals surface area contributed by atoms with Crippen LogP contribution >= 0.6 is 11.6 Å². The standard InChI is InChI=1S/C10H5ClFNO3/c11-6-2-1-5(3-7(6)12)9-13-8(4-16-9)10(14)15/h1-4H,(H,14,15). The molecule has 1 aromatic carbocycles. The molecule has 82 valence electrons. The number of oxazole rings is 1. The molecule has 0 aliphatic rings. The Bertz CT molecular complexity index is 553. The van der Waals surface area contributed by atoms with E-state index in [9.17, 15) is 9.18 Å². The number of carboxylic acid groups (broad SMARTS) is 1. The number of nitrogens with zero attached hydrogens (tertiary/aromatic N) is 1. The SMILES string of the molecule is O=C(O)c1coc(-c2ccc(Cl)c(F)c2)n1. The average Bonchev–Trinajstić information content (AvgIpc) is 2.71. The summed E-state index contributed by atoms with van der Waals surface area (Å²) in [6.07, 6.45) is 0.990. The number of hydrogen-bond acceptors (Lipinski definition) is 3. The molecule has 1 heterocycles. The molecular formula is C10H5ClFNO3. The van der Waals surface area contributed by atoms with Gasteiger partial charge in [0.2, 0.25) is 5.89 Å². The third kappa shape index (κ3) is 1.90. The zero-order valence-corrected chi connectivity index (χ0v) is 8.53. The molecule has 2 aromatic rings. The van der Waals surface area contributed by atoms with Gasteiger partial charge in [-0.25, -0.2) is 14.2 Å². The summed E-state index contributed by atoms with van der Waals surface area (Å²) in [6, 6.07) is 3.96. The van der Waals surface area contributed by atoms with Gasteiger partial charge in [-0.2, -0.15) is 0 Å². The second-order valence-electron chi connectivity index (χ2n) is 2.97. The van der Waals surface area contributed by atoms with Crippen LogP contribution in [0.4, 0.5) is 4.39 Å². The summed E-state index contributed by atoms with van der Waals surface area (Å²) >= 11 is 5.50. The molecule has 0 spiro atoms. The first-order valence-electron chi connectivity index (χ1n) is 4.22. The number of hydrogen-bond donors (Lipinski definition) is 1. The van der Waals surface area contributed by atoms with Gasteiger partial charge < -0.3 is 9.52 Å². The Hall–Kier alpha value is -1.88. The van der Waals surface area contributed by atoms with Gasteiger partial charge in [-0.1, -0.05) is 11.6 Å². The first kappa shape index (κ1) is 10.6. The number of carboxylic acids is 1. The van der Waals surface area contributed by atoms with Crippen LogP contribution in [0, 0.1) is 5.82 Å². The highest BCUT2D eigenvalue weighted by Crippen LogP contribution is 2.23. The van der Waals surface area contributed by atoms with Crippen molar-refractivity contribution < 1.29 is 18.7 Å². The molecule has 0 fully saturated rings. The van der Waals surface area contributed by atoms with Crippen LogP contribution in [-0.2, 0) is 0 Å². The minimum Gasteiger partial charge on any atom is -0.476 e. The van der Waals surface area contributed by atoms with Crippen LogP contribution in [0.1, 0.15) is 10.5 Å². The molecule has 6 heteroatoms. The molecule has 0 radical (unpaired) electrons. The van der Waals surface area contributed by atoms with Crippen LogP contribution in [0.15, 0.2) is 28.9 Å². The molecule has 0 saturated carbocycles. The third-order valence-corrected chi connectivity index (χ3v) is 2.20. The summed E-state index contributed by atoms with van der Waals surface area (Å²) in [4.78, 5) is 14.2. The van der Waals surface area contributed by atoms with Crippen molar-refractivity contribution in [2.75, 3.05) is 0 Å². The molecule has 0 unspecified atom stereocenters. The van der Waals surface area contributed by atoms with Crippen LogP contribution in [-0.4, -0.2) is 16.1 Å². The van der Waals surface area contributed by atoms with E-state index in [2.05, 4.69) is 4.98 Å². The monoisotopic (exact) mass is 241 g/mol. The van der Waals surface area contributed by atoms with Crippen molar-refractivity contribution in [3.05, 3.63) is 41.0 Å². The fraction of sp³-hybridized carbons (Fsp3) is 0. The van der Waals surface area contributed by atoms with Gasteiger partial charge in [0.25, 0.3) is 0 Å². The van der Waals surface area contributed by atoms with Gasteiger partial charge in [0, 0.05) is 5.56 Å². The van der Waals surface area contributed by atoms with Gasteiger partial charge in [0.15, 0.2) is 5.69 Å². The highest BCUT2D eigenvalue weighted by molar-refractivity contribution is 6.30. The number of rotatable bonds is 2. The molecule has 1 aromatic heterocycles. The quantitative estimate of drug-likeness (QED) is 0.878. The van der Waals surface area contributed by atoms with E-state index in [1.807, 2.05) is 0 Å². The van der Waals surface area contributed by atoms with Crippen LogP contribution in [0.2, 0.25) is 5.02 Å². The van der Waals surface area contributed by atoms with Crippen molar-refractivity contribution in [2.45, 2.75) is 0 Å². The Kier molecular flexibility index (Phi) is 2.62. The molecule has 2 rings (SSSR count). The van der Waals surface area contributed by atoms with Crippen molar-refractivity contribution in [3.63, 3.8) is 0 Å². The molecule has 0 aliphatic carbocycles. The summed E-state index contributed by atoms with van der Waals surface area (Å²) in [7, 11) is 0. The molecular weight excluding hydrogens is 237 g/mol. The van der Waals surface area contributed by atoms with Crippen molar-refractivity contribution in [1.82, 2.24) is 4.98 Å². The van der Waals surface area contributed by atoms with Gasteiger partial charge in [-0.05, 0) is 18.2 Å². The molecule has 0 saturated heterocycles. The molecule has 16 heavy (non-hydrogen) atoms. The lowest BCUT2D eigenvalue weighted by atomic mass is 10.2. The van der Waals surface area contributed by atoms with Gasteiger partial charge in [-0.15, -0.1) is 0 Å². The van der Waals surface area contributed by atoms with E-state index in [1.165, 1.54) is 12.1 Å². The maximum absolute atomic E-state index is 13.1. The number of carbonyl (C=O) groups is 1. The summed E-state index contributed by atoms with van der Waals surface area (Å²) in [5.74, 6) is -1.79. The smallest absolute Gasteiger partial charge is 0.357 e. The molecule has 1 N–H and O–H groups in total. The van der Waals surface area contributed by atoms with Gasteiger partial charge in [0.05, 0.1) is 5.02 Å². The molecule has 4 nitrogen and oxygen atoms in total. The second kappa shape index (κ2) is 3.94. The Morgan fingerprint density at radius 2 is 2.25 bits per heavy atom. The zero-order valence-electron chi connectivity index (χ0n) is 7.78. The molecule has 0 aliphatic heterocycles. The average molecular weight is 242 g/mol. The van der Waals surface area contributed by atoms with Gasteiger partial charge >= 0.3 is 5.97 Å². The topological polar surface area (TPSA) is 63.3 Å². The van der Waals surface area contributed by atoms with E-state index in [-0.39, 0.29) is 16.6 Å². The second-order valence-corrected chi connectivity index (χ2v) is 3.38. The Labute approximate surface area is 94.3 Å². The highest BCUT2D eigenvalue weighted by atomic mass is 35.5. The fourth-order valence-electron chi connectivity index (χ4n) is 1.13. The summed E-state index contributed by atoms with van der Waals surface area (Å²) < 4.78 is 18.0. The summed E-state index contributed by atoms with van der Waals surface area (Å²) in [5.41, 5.74) is 0.0970. The Morgan fingerprint density at radius 1 is 1.50 bits per heavy atom. The van der Waals surface area contributed by atoms with Crippen molar-refractivity contribution in [3.8, 4) is 11.5 Å². The maximum Gasteiger partial charge on any atom is 0.357 e. The van der Waals surface area contributed by atoms with Gasteiger partial charge in [-0.3, -0.25) is 0 Å². The van der Waals surface area contributed by atoms with Crippen LogP contribution in [0.25, 0.3) is 11.5 Å². The predicted octanol–water partition coefficient (Wildman–Crippen LogP) is 2.83. The van der Waals surface area contributed by atoms with Crippen molar-refractivity contribution in [1.29, 1.82) is 0 Å². The van der Waals surface area contributed by atoms with E-state index >= 15 is 0 Å². The minimum absolute atomic E-state index is 0.0197. The van der Waals surface area contributed by atoms with Crippen LogP contribution in [0.3, 0.4) is 0 Å². The minimum atomic E-state index is -1.20. The first-order chi connectivity index (χ1) is 7.58. The number of aromatic carboxylic acids is 1.